The third kappa shape index (κ3) is 3.48. The van der Waals surface area contributed by atoms with E-state index in [1.807, 2.05) is 0 Å². The number of carbonyl (C=O) groups excluding carboxylic acids is 4. The van der Waals surface area contributed by atoms with Crippen molar-refractivity contribution in [2.45, 2.75) is 0 Å². The number of carbonyl (C=O) groups is 4. The van der Waals surface area contributed by atoms with Gasteiger partial charge in [-0.3, -0.25) is 19.4 Å². The maximum Gasteiger partial charge on any atom is 0.343 e. The van der Waals surface area contributed by atoms with Crippen molar-refractivity contribution in [1.82, 2.24) is 9.80 Å². The Kier molecular flexibility index (Phi) is 4.85. The molecule has 0 unspecified atom stereocenters. The Hall–Kier alpha value is -3.74. The highest BCUT2D eigenvalue weighted by Gasteiger charge is 2.37. The molecule has 7 heteroatoms. The van der Waals surface area contributed by atoms with Gasteiger partial charge in [-0.15, -0.1) is 0 Å². The maximum absolute atomic E-state index is 12.3. The van der Waals surface area contributed by atoms with Gasteiger partial charge in [0.1, 0.15) is 11.3 Å². The van der Waals surface area contributed by atoms with Crippen LogP contribution in [-0.4, -0.2) is 47.7 Å². The number of imide groups is 2. The Morgan fingerprint density at radius 1 is 0.852 bits per heavy atom. The van der Waals surface area contributed by atoms with Gasteiger partial charge < -0.3 is 4.74 Å². The minimum Gasteiger partial charge on any atom is -0.422 e. The van der Waals surface area contributed by atoms with Gasteiger partial charge in [-0.1, -0.05) is 36.4 Å². The molecular weight excluding hydrogens is 348 g/mol. The van der Waals surface area contributed by atoms with Crippen LogP contribution < -0.4 is 4.74 Å². The normalized spacial score (nSPS) is 14.4. The monoisotopic (exact) mass is 364 g/mol. The summed E-state index contributed by atoms with van der Waals surface area (Å²) in [6.45, 7) is 0. The summed E-state index contributed by atoms with van der Waals surface area (Å²) in [5, 5.41) is 0. The summed E-state index contributed by atoms with van der Waals surface area (Å²) in [5.74, 6) is -1.80. The predicted octanol–water partition coefficient (Wildman–Crippen LogP) is 2.34. The van der Waals surface area contributed by atoms with Crippen molar-refractivity contribution in [2.24, 2.45) is 0 Å². The molecule has 1 saturated heterocycles. The number of nitrogens with zero attached hydrogens (tertiary/aromatic N) is 2. The second-order valence-electron chi connectivity index (χ2n) is 5.86. The number of barbiturate groups is 1. The van der Waals surface area contributed by atoms with Gasteiger partial charge in [0.2, 0.25) is 0 Å². The van der Waals surface area contributed by atoms with Crippen LogP contribution in [0.15, 0.2) is 60.2 Å². The minimum absolute atomic E-state index is 0.192. The first-order chi connectivity index (χ1) is 12.9. The van der Waals surface area contributed by atoms with Crippen molar-refractivity contribution in [1.29, 1.82) is 0 Å². The summed E-state index contributed by atoms with van der Waals surface area (Å²) in [5.41, 5.74) is 0.548. The van der Waals surface area contributed by atoms with E-state index in [9.17, 15) is 19.2 Å². The van der Waals surface area contributed by atoms with E-state index < -0.39 is 23.8 Å². The molecule has 136 valence electrons. The fourth-order valence-electron chi connectivity index (χ4n) is 2.56. The van der Waals surface area contributed by atoms with Gasteiger partial charge in [0.15, 0.2) is 0 Å². The number of likely N-dealkylation sites (N-methyl/N-ethyl adjacent to an activating group) is 2. The smallest absolute Gasteiger partial charge is 0.343 e. The standard InChI is InChI=1S/C20H16N2O5/c1-21-17(23)15(18(24)22(2)20(21)26)12-14-10-6-7-11-16(14)27-19(25)13-8-4-3-5-9-13/h3-12H,1-2H3. The van der Waals surface area contributed by atoms with E-state index in [1.54, 1.807) is 54.6 Å². The largest absolute Gasteiger partial charge is 0.422 e. The number of rotatable bonds is 3. The van der Waals surface area contributed by atoms with Crippen LogP contribution in [0.5, 0.6) is 5.75 Å². The van der Waals surface area contributed by atoms with Gasteiger partial charge >= 0.3 is 12.0 Å². The van der Waals surface area contributed by atoms with Crippen LogP contribution in [-0.2, 0) is 9.59 Å². The zero-order valence-corrected chi connectivity index (χ0v) is 14.7. The van der Waals surface area contributed by atoms with Crippen LogP contribution in [0, 0.1) is 0 Å². The van der Waals surface area contributed by atoms with E-state index in [4.69, 9.17) is 4.74 Å². The Morgan fingerprint density at radius 2 is 1.41 bits per heavy atom. The molecule has 2 aromatic rings. The van der Waals surface area contributed by atoms with E-state index in [-0.39, 0.29) is 11.3 Å². The first kappa shape index (κ1) is 18.1. The van der Waals surface area contributed by atoms with Crippen LogP contribution in [0.3, 0.4) is 0 Å². The Labute approximate surface area is 155 Å². The van der Waals surface area contributed by atoms with Crippen LogP contribution in [0.25, 0.3) is 6.08 Å². The highest BCUT2D eigenvalue weighted by atomic mass is 16.5. The molecule has 0 N–H and O–H groups in total. The highest BCUT2D eigenvalue weighted by Crippen LogP contribution is 2.25. The molecule has 1 heterocycles. The number of ether oxygens (including phenoxy) is 1. The van der Waals surface area contributed by atoms with Crippen molar-refractivity contribution in [3.63, 3.8) is 0 Å². The highest BCUT2D eigenvalue weighted by molar-refractivity contribution is 6.30. The van der Waals surface area contributed by atoms with Gasteiger partial charge in [0.25, 0.3) is 11.8 Å². The molecule has 0 aromatic heterocycles. The molecule has 7 nitrogen and oxygen atoms in total. The zero-order valence-electron chi connectivity index (χ0n) is 14.7. The summed E-state index contributed by atoms with van der Waals surface area (Å²) < 4.78 is 5.42. The lowest BCUT2D eigenvalue weighted by Gasteiger charge is -2.28. The number of esters is 1. The van der Waals surface area contributed by atoms with E-state index in [0.29, 0.717) is 11.1 Å². The number of hydrogen-bond donors (Lipinski definition) is 0. The number of amides is 4. The first-order valence-corrected chi connectivity index (χ1v) is 8.08. The molecule has 27 heavy (non-hydrogen) atoms. The second kappa shape index (κ2) is 7.25. The molecule has 3 rings (SSSR count). The quantitative estimate of drug-likeness (QED) is 0.361. The SMILES string of the molecule is CN1C(=O)C(=Cc2ccccc2OC(=O)c2ccccc2)C(=O)N(C)C1=O. The van der Waals surface area contributed by atoms with E-state index >= 15 is 0 Å². The van der Waals surface area contributed by atoms with Crippen molar-refractivity contribution in [2.75, 3.05) is 14.1 Å². The minimum atomic E-state index is -0.715. The van der Waals surface area contributed by atoms with Crippen molar-refractivity contribution >= 4 is 29.9 Å². The first-order valence-electron chi connectivity index (χ1n) is 8.08. The molecule has 1 aliphatic rings. The third-order valence-electron chi connectivity index (χ3n) is 4.07. The molecular formula is C20H16N2O5. The van der Waals surface area contributed by atoms with Crippen molar-refractivity contribution < 1.29 is 23.9 Å². The predicted molar refractivity (Wildman–Crippen MR) is 96.8 cm³/mol. The van der Waals surface area contributed by atoms with Gasteiger partial charge in [-0.25, -0.2) is 9.59 Å². The topological polar surface area (TPSA) is 84.0 Å². The van der Waals surface area contributed by atoms with Crippen LogP contribution in [0.2, 0.25) is 0 Å². The molecule has 0 radical (unpaired) electrons. The molecule has 0 spiro atoms. The molecule has 0 atom stereocenters. The molecule has 1 fully saturated rings. The lowest BCUT2D eigenvalue weighted by molar-refractivity contribution is -0.134. The second-order valence-corrected chi connectivity index (χ2v) is 5.86. The number of urea groups is 1. The lowest BCUT2D eigenvalue weighted by Crippen LogP contribution is -2.52. The fourth-order valence-corrected chi connectivity index (χ4v) is 2.56. The lowest BCUT2D eigenvalue weighted by atomic mass is 10.1. The number of hydrogen-bond acceptors (Lipinski definition) is 5. The van der Waals surface area contributed by atoms with Gasteiger partial charge in [-0.05, 0) is 24.3 Å². The van der Waals surface area contributed by atoms with Gasteiger partial charge in [0, 0.05) is 19.7 Å². The molecule has 0 bridgehead atoms. The summed E-state index contributed by atoms with van der Waals surface area (Å²) in [6, 6.07) is 14.3. The molecule has 4 amide bonds. The Balaban J connectivity index is 1.95. The summed E-state index contributed by atoms with van der Waals surface area (Å²) in [6.07, 6.45) is 1.32. The van der Waals surface area contributed by atoms with E-state index in [0.717, 1.165) is 9.80 Å². The fraction of sp³-hybridized carbons (Fsp3) is 0.100. The molecule has 0 saturated carbocycles. The molecule has 1 aliphatic heterocycles. The van der Waals surface area contributed by atoms with Crippen LogP contribution in [0.4, 0.5) is 4.79 Å². The summed E-state index contributed by atoms with van der Waals surface area (Å²) in [4.78, 5) is 50.5. The zero-order chi connectivity index (χ0) is 19.6. The van der Waals surface area contributed by atoms with Gasteiger partial charge in [0.05, 0.1) is 5.56 Å². The van der Waals surface area contributed by atoms with Crippen molar-refractivity contribution in [3.8, 4) is 5.75 Å². The van der Waals surface area contributed by atoms with Crippen molar-refractivity contribution in [3.05, 3.63) is 71.3 Å². The summed E-state index contributed by atoms with van der Waals surface area (Å²) in [7, 11) is 2.59. The average Bonchev–Trinajstić information content (AvgIpc) is 2.70. The van der Waals surface area contributed by atoms with E-state index in [1.165, 1.54) is 20.2 Å². The molecule has 2 aromatic carbocycles. The van der Waals surface area contributed by atoms with Crippen LogP contribution in [0.1, 0.15) is 15.9 Å². The van der Waals surface area contributed by atoms with E-state index in [2.05, 4.69) is 0 Å². The third-order valence-corrected chi connectivity index (χ3v) is 4.07. The summed E-state index contributed by atoms with van der Waals surface area (Å²) >= 11 is 0. The average molecular weight is 364 g/mol. The van der Waals surface area contributed by atoms with Gasteiger partial charge in [-0.2, -0.15) is 0 Å². The molecule has 0 aliphatic carbocycles. The Morgan fingerprint density at radius 3 is 2.04 bits per heavy atom. The Bertz CT molecular complexity index is 939. The number of para-hydroxylation sites is 1. The van der Waals surface area contributed by atoms with Crippen LogP contribution >= 0.6 is 0 Å². The maximum atomic E-state index is 12.3. The number of benzene rings is 2.